The van der Waals surface area contributed by atoms with E-state index < -0.39 is 59.6 Å². The van der Waals surface area contributed by atoms with Crippen LogP contribution in [0.15, 0.2) is 24.3 Å². The van der Waals surface area contributed by atoms with Gasteiger partial charge in [0, 0.05) is 6.42 Å². The summed E-state index contributed by atoms with van der Waals surface area (Å²) in [5.41, 5.74) is -0.720. The Morgan fingerprint density at radius 1 is 1.07 bits per heavy atom. The molecule has 2 amide bonds. The van der Waals surface area contributed by atoms with E-state index in [0.717, 1.165) is 0 Å². The first-order valence-electron chi connectivity index (χ1n) is 8.86. The maximum Gasteiger partial charge on any atom is 0.326 e. The van der Waals surface area contributed by atoms with Gasteiger partial charge in [-0.3, -0.25) is 14.4 Å². The monoisotopic (exact) mass is 412 g/mol. The normalized spacial score (nSPS) is 14.4. The van der Waals surface area contributed by atoms with Gasteiger partial charge >= 0.3 is 11.9 Å². The quantitative estimate of drug-likeness (QED) is 0.373. The zero-order valence-corrected chi connectivity index (χ0v) is 16.3. The van der Waals surface area contributed by atoms with Crippen molar-refractivity contribution in [2.24, 2.45) is 0 Å². The Labute approximate surface area is 166 Å². The van der Waals surface area contributed by atoms with Gasteiger partial charge in [-0.05, 0) is 44.9 Å². The summed E-state index contributed by atoms with van der Waals surface area (Å²) >= 11 is 0. The molecule has 29 heavy (non-hydrogen) atoms. The summed E-state index contributed by atoms with van der Waals surface area (Å²) in [4.78, 5) is 47.0. The van der Waals surface area contributed by atoms with Crippen LogP contribution >= 0.6 is 0 Å². The van der Waals surface area contributed by atoms with Gasteiger partial charge in [0.25, 0.3) is 0 Å². The third-order valence-corrected chi connectivity index (χ3v) is 4.45. The number of rotatable bonds is 10. The second-order valence-electron chi connectivity index (χ2n) is 7.16. The van der Waals surface area contributed by atoms with Crippen LogP contribution in [0.1, 0.15) is 39.2 Å². The van der Waals surface area contributed by atoms with E-state index in [1.807, 2.05) is 0 Å². The van der Waals surface area contributed by atoms with Crippen molar-refractivity contribution in [1.29, 1.82) is 0 Å². The highest BCUT2D eigenvalue weighted by Crippen LogP contribution is 2.24. The number of hydrogen-bond donors (Lipinski definition) is 5. The topological polar surface area (TPSA) is 153 Å². The number of amides is 2. The molecule has 0 aliphatic carbocycles. The van der Waals surface area contributed by atoms with Crippen LogP contribution in [-0.4, -0.2) is 57.3 Å². The van der Waals surface area contributed by atoms with Crippen molar-refractivity contribution in [2.45, 2.75) is 57.2 Å². The summed E-state index contributed by atoms with van der Waals surface area (Å²) in [6, 6.07) is 2.22. The number of halogens is 1. The first-order valence-corrected chi connectivity index (χ1v) is 8.86. The number of carbonyl (C=O) groups is 4. The van der Waals surface area contributed by atoms with Crippen LogP contribution in [0, 0.1) is 5.82 Å². The molecular formula is C19H25FN2O7. The van der Waals surface area contributed by atoms with Gasteiger partial charge in [0.05, 0.1) is 11.5 Å². The first kappa shape index (κ1) is 24.0. The van der Waals surface area contributed by atoms with Crippen molar-refractivity contribution in [1.82, 2.24) is 10.6 Å². The largest absolute Gasteiger partial charge is 0.481 e. The van der Waals surface area contributed by atoms with E-state index in [-0.39, 0.29) is 6.42 Å². The van der Waals surface area contributed by atoms with Gasteiger partial charge in [-0.15, -0.1) is 0 Å². The minimum absolute atomic E-state index is 0.363. The maximum atomic E-state index is 13.1. The van der Waals surface area contributed by atoms with Gasteiger partial charge in [0.2, 0.25) is 11.8 Å². The van der Waals surface area contributed by atoms with Crippen LogP contribution < -0.4 is 10.6 Å². The fourth-order valence-electron chi connectivity index (χ4n) is 2.51. The molecule has 10 heteroatoms. The predicted molar refractivity (Wildman–Crippen MR) is 99.5 cm³/mol. The summed E-state index contributed by atoms with van der Waals surface area (Å²) in [6.07, 6.45) is -2.21. The highest BCUT2D eigenvalue weighted by Gasteiger charge is 2.36. The van der Waals surface area contributed by atoms with Gasteiger partial charge in [-0.25, -0.2) is 9.18 Å². The van der Waals surface area contributed by atoms with E-state index in [1.165, 1.54) is 31.2 Å². The molecule has 0 aromatic heterocycles. The molecule has 0 fully saturated rings. The summed E-state index contributed by atoms with van der Waals surface area (Å²) < 4.78 is 13.1. The Balaban J connectivity index is 2.94. The van der Waals surface area contributed by atoms with Crippen molar-refractivity contribution < 1.29 is 38.9 Å². The second kappa shape index (κ2) is 9.97. The molecule has 160 valence electrons. The van der Waals surface area contributed by atoms with E-state index >= 15 is 0 Å². The molecule has 0 saturated carbocycles. The number of hydrogen-bond acceptors (Lipinski definition) is 5. The molecule has 0 aliphatic rings. The number of aliphatic carboxylic acids is 2. The summed E-state index contributed by atoms with van der Waals surface area (Å²) in [5.74, 6) is -4.77. The molecule has 0 bridgehead atoms. The molecule has 3 atom stereocenters. The average molecular weight is 412 g/mol. The van der Waals surface area contributed by atoms with E-state index in [1.54, 1.807) is 13.8 Å². The fraction of sp³-hybridized carbons (Fsp3) is 0.474. The predicted octanol–water partition coefficient (Wildman–Crippen LogP) is 0.403. The van der Waals surface area contributed by atoms with Crippen LogP contribution in [0.3, 0.4) is 0 Å². The van der Waals surface area contributed by atoms with Crippen LogP contribution in [0.25, 0.3) is 0 Å². The van der Waals surface area contributed by atoms with Gasteiger partial charge in [0.1, 0.15) is 17.9 Å². The molecule has 1 rings (SSSR count). The molecule has 0 radical (unpaired) electrons. The Morgan fingerprint density at radius 2 is 1.62 bits per heavy atom. The van der Waals surface area contributed by atoms with Crippen LogP contribution in [-0.2, 0) is 24.6 Å². The molecule has 0 spiro atoms. The Hall–Kier alpha value is -3.01. The molecule has 0 unspecified atom stereocenters. The lowest BCUT2D eigenvalue weighted by Gasteiger charge is -2.29. The SMILES string of the molecule is C[C@H](O)[C@H](NC(=O)C(C)(C)c1ccc(F)cc1)C(=O)N[C@H](CCC(=O)O)C(=O)O. The van der Waals surface area contributed by atoms with Crippen molar-refractivity contribution >= 4 is 23.8 Å². The lowest BCUT2D eigenvalue weighted by molar-refractivity contribution is -0.144. The number of aliphatic hydroxyl groups excluding tert-OH is 1. The third-order valence-electron chi connectivity index (χ3n) is 4.45. The second-order valence-corrected chi connectivity index (χ2v) is 7.16. The highest BCUT2D eigenvalue weighted by molar-refractivity contribution is 5.94. The molecule has 1 aromatic carbocycles. The van der Waals surface area contributed by atoms with E-state index in [2.05, 4.69) is 10.6 Å². The fourth-order valence-corrected chi connectivity index (χ4v) is 2.51. The standard InChI is InChI=1S/C19H25FN2O7/c1-10(23)15(16(26)21-13(17(27)28)8-9-14(24)25)22-18(29)19(2,3)11-4-6-12(20)7-5-11/h4-7,10,13,15,23H,8-9H2,1-3H3,(H,21,26)(H,22,29)(H,24,25)(H,27,28)/t10-,13+,15-/m0/s1. The van der Waals surface area contributed by atoms with E-state index in [9.17, 15) is 28.7 Å². The Kier molecular flexibility index (Phi) is 8.26. The maximum absolute atomic E-state index is 13.1. The summed E-state index contributed by atoms with van der Waals surface area (Å²) in [5, 5.41) is 32.2. The van der Waals surface area contributed by atoms with E-state index in [4.69, 9.17) is 10.2 Å². The minimum Gasteiger partial charge on any atom is -0.481 e. The number of nitrogens with one attached hydrogen (secondary N) is 2. The number of aliphatic hydroxyl groups is 1. The lowest BCUT2D eigenvalue weighted by Crippen LogP contribution is -2.58. The van der Waals surface area contributed by atoms with Gasteiger partial charge in [-0.2, -0.15) is 0 Å². The third kappa shape index (κ3) is 6.83. The summed E-state index contributed by atoms with van der Waals surface area (Å²) in [7, 11) is 0. The molecule has 5 N–H and O–H groups in total. The Bertz CT molecular complexity index is 762. The Morgan fingerprint density at radius 3 is 2.07 bits per heavy atom. The molecule has 0 saturated heterocycles. The lowest BCUT2D eigenvalue weighted by atomic mass is 9.83. The van der Waals surface area contributed by atoms with Crippen molar-refractivity contribution in [2.75, 3.05) is 0 Å². The van der Waals surface area contributed by atoms with Crippen LogP contribution in [0.4, 0.5) is 4.39 Å². The zero-order valence-electron chi connectivity index (χ0n) is 16.3. The van der Waals surface area contributed by atoms with E-state index in [0.29, 0.717) is 5.56 Å². The molecular weight excluding hydrogens is 387 g/mol. The van der Waals surface area contributed by atoms with Crippen molar-refractivity contribution in [3.05, 3.63) is 35.6 Å². The zero-order chi connectivity index (χ0) is 22.4. The number of benzene rings is 1. The molecule has 0 heterocycles. The number of carbonyl (C=O) groups excluding carboxylic acids is 2. The van der Waals surface area contributed by atoms with Crippen LogP contribution in [0.5, 0.6) is 0 Å². The first-order chi connectivity index (χ1) is 13.4. The smallest absolute Gasteiger partial charge is 0.326 e. The molecule has 9 nitrogen and oxygen atoms in total. The molecule has 1 aromatic rings. The highest BCUT2D eigenvalue weighted by atomic mass is 19.1. The van der Waals surface area contributed by atoms with Gasteiger partial charge in [-0.1, -0.05) is 12.1 Å². The average Bonchev–Trinajstić information content (AvgIpc) is 2.62. The number of carboxylic acid groups (broad SMARTS) is 2. The van der Waals surface area contributed by atoms with Crippen molar-refractivity contribution in [3.63, 3.8) is 0 Å². The summed E-state index contributed by atoms with van der Waals surface area (Å²) in [6.45, 7) is 4.32. The molecule has 0 aliphatic heterocycles. The number of carboxylic acids is 2. The minimum atomic E-state index is -1.50. The van der Waals surface area contributed by atoms with Crippen molar-refractivity contribution in [3.8, 4) is 0 Å². The van der Waals surface area contributed by atoms with Gasteiger partial charge < -0.3 is 26.0 Å². The van der Waals surface area contributed by atoms with Crippen LogP contribution in [0.2, 0.25) is 0 Å². The van der Waals surface area contributed by atoms with Gasteiger partial charge in [0.15, 0.2) is 0 Å².